The Morgan fingerprint density at radius 2 is 2.00 bits per heavy atom. The van der Waals surface area contributed by atoms with Crippen LogP contribution in [0.4, 0.5) is 0 Å². The fraction of sp³-hybridized carbons (Fsp3) is 0.385. The fourth-order valence-electron chi connectivity index (χ4n) is 1.37. The summed E-state index contributed by atoms with van der Waals surface area (Å²) in [4.78, 5) is 0. The SMILES string of the molecule is C=CCCOc1c(Br)cc(CNCC)cc1Br. The van der Waals surface area contributed by atoms with Crippen LogP contribution >= 0.6 is 31.9 Å². The van der Waals surface area contributed by atoms with Crippen molar-refractivity contribution in [3.05, 3.63) is 39.3 Å². The normalized spacial score (nSPS) is 10.3. The Kier molecular flexibility index (Phi) is 6.85. The smallest absolute Gasteiger partial charge is 0.147 e. The van der Waals surface area contributed by atoms with Crippen LogP contribution in [-0.2, 0) is 6.54 Å². The minimum absolute atomic E-state index is 0.646. The molecule has 0 aromatic heterocycles. The van der Waals surface area contributed by atoms with E-state index in [9.17, 15) is 0 Å². The van der Waals surface area contributed by atoms with E-state index in [4.69, 9.17) is 4.74 Å². The predicted molar refractivity (Wildman–Crippen MR) is 79.5 cm³/mol. The molecule has 0 amide bonds. The lowest BCUT2D eigenvalue weighted by molar-refractivity contribution is 0.321. The highest BCUT2D eigenvalue weighted by Crippen LogP contribution is 2.34. The van der Waals surface area contributed by atoms with Crippen molar-refractivity contribution in [2.24, 2.45) is 0 Å². The molecule has 0 saturated heterocycles. The number of rotatable bonds is 7. The van der Waals surface area contributed by atoms with Crippen molar-refractivity contribution in [1.82, 2.24) is 5.32 Å². The highest BCUT2D eigenvalue weighted by molar-refractivity contribution is 9.11. The molecule has 0 heterocycles. The van der Waals surface area contributed by atoms with E-state index in [-0.39, 0.29) is 0 Å². The second-order valence-electron chi connectivity index (χ2n) is 3.59. The van der Waals surface area contributed by atoms with E-state index >= 15 is 0 Å². The molecule has 1 aromatic carbocycles. The molecule has 0 unspecified atom stereocenters. The van der Waals surface area contributed by atoms with Crippen LogP contribution < -0.4 is 10.1 Å². The van der Waals surface area contributed by atoms with Gasteiger partial charge in [-0.05, 0) is 62.5 Å². The molecule has 94 valence electrons. The number of hydrogen-bond acceptors (Lipinski definition) is 2. The highest BCUT2D eigenvalue weighted by atomic mass is 79.9. The van der Waals surface area contributed by atoms with Crippen molar-refractivity contribution < 1.29 is 4.74 Å². The molecule has 0 radical (unpaired) electrons. The van der Waals surface area contributed by atoms with Gasteiger partial charge in [0.1, 0.15) is 5.75 Å². The summed E-state index contributed by atoms with van der Waals surface area (Å²) in [5.74, 6) is 0.854. The van der Waals surface area contributed by atoms with Crippen molar-refractivity contribution in [1.29, 1.82) is 0 Å². The molecule has 2 nitrogen and oxygen atoms in total. The average Bonchev–Trinajstić information content (AvgIpc) is 2.30. The van der Waals surface area contributed by atoms with Crippen molar-refractivity contribution in [2.75, 3.05) is 13.2 Å². The molecule has 4 heteroatoms. The van der Waals surface area contributed by atoms with Gasteiger partial charge >= 0.3 is 0 Å². The lowest BCUT2D eigenvalue weighted by Gasteiger charge is -2.12. The zero-order valence-corrected chi connectivity index (χ0v) is 13.1. The first kappa shape index (κ1) is 14.7. The van der Waals surface area contributed by atoms with Gasteiger partial charge in [-0.15, -0.1) is 6.58 Å². The van der Waals surface area contributed by atoms with E-state index in [0.717, 1.165) is 34.2 Å². The molecule has 0 fully saturated rings. The van der Waals surface area contributed by atoms with E-state index in [2.05, 4.69) is 62.8 Å². The third kappa shape index (κ3) is 4.82. The molecule has 0 atom stereocenters. The first-order valence-corrected chi connectivity index (χ1v) is 7.20. The Morgan fingerprint density at radius 1 is 1.35 bits per heavy atom. The molecule has 0 aliphatic carbocycles. The summed E-state index contributed by atoms with van der Waals surface area (Å²) in [6.07, 6.45) is 2.69. The number of halogens is 2. The van der Waals surface area contributed by atoms with Gasteiger partial charge in [0.25, 0.3) is 0 Å². The molecule has 0 aliphatic heterocycles. The van der Waals surface area contributed by atoms with Gasteiger partial charge in [-0.25, -0.2) is 0 Å². The number of hydrogen-bond donors (Lipinski definition) is 1. The third-order valence-electron chi connectivity index (χ3n) is 2.21. The summed E-state index contributed by atoms with van der Waals surface area (Å²) in [5, 5.41) is 3.30. The molecule has 17 heavy (non-hydrogen) atoms. The topological polar surface area (TPSA) is 21.3 Å². The molecular formula is C13H17Br2NO. The minimum Gasteiger partial charge on any atom is -0.491 e. The van der Waals surface area contributed by atoms with E-state index in [0.29, 0.717) is 6.61 Å². The number of benzene rings is 1. The maximum absolute atomic E-state index is 5.68. The standard InChI is InChI=1S/C13H17Br2NO/c1-3-5-6-17-13-11(14)7-10(8-12(13)15)9-16-4-2/h3,7-8,16H,1,4-6,9H2,2H3. The van der Waals surface area contributed by atoms with Gasteiger partial charge in [0.2, 0.25) is 0 Å². The zero-order valence-electron chi connectivity index (χ0n) is 9.93. The molecule has 1 N–H and O–H groups in total. The largest absolute Gasteiger partial charge is 0.491 e. The van der Waals surface area contributed by atoms with Crippen molar-refractivity contribution in [3.63, 3.8) is 0 Å². The van der Waals surface area contributed by atoms with E-state index in [1.807, 2.05) is 6.08 Å². The first-order valence-electron chi connectivity index (χ1n) is 5.61. The van der Waals surface area contributed by atoms with Gasteiger partial charge in [0.05, 0.1) is 15.6 Å². The van der Waals surface area contributed by atoms with Crippen LogP contribution in [0.5, 0.6) is 5.75 Å². The highest BCUT2D eigenvalue weighted by Gasteiger charge is 2.08. The Morgan fingerprint density at radius 3 is 2.53 bits per heavy atom. The summed E-state index contributed by atoms with van der Waals surface area (Å²) < 4.78 is 7.63. The number of ether oxygens (including phenoxy) is 1. The van der Waals surface area contributed by atoms with Gasteiger partial charge < -0.3 is 10.1 Å². The second-order valence-corrected chi connectivity index (χ2v) is 5.30. The van der Waals surface area contributed by atoms with Gasteiger partial charge in [-0.1, -0.05) is 13.0 Å². The average molecular weight is 363 g/mol. The summed E-state index contributed by atoms with van der Waals surface area (Å²) in [6, 6.07) is 4.16. The summed E-state index contributed by atoms with van der Waals surface area (Å²) in [5.41, 5.74) is 1.22. The maximum atomic E-state index is 5.68. The molecule has 1 rings (SSSR count). The minimum atomic E-state index is 0.646. The molecule has 0 aliphatic rings. The third-order valence-corrected chi connectivity index (χ3v) is 3.38. The summed E-state index contributed by atoms with van der Waals surface area (Å²) >= 11 is 7.07. The van der Waals surface area contributed by atoms with Gasteiger partial charge in [-0.2, -0.15) is 0 Å². The monoisotopic (exact) mass is 361 g/mol. The first-order chi connectivity index (χ1) is 8.19. The maximum Gasteiger partial charge on any atom is 0.147 e. The summed E-state index contributed by atoms with van der Waals surface area (Å²) in [7, 11) is 0. The van der Waals surface area contributed by atoms with Crippen LogP contribution in [0.3, 0.4) is 0 Å². The van der Waals surface area contributed by atoms with Crippen molar-refractivity contribution in [3.8, 4) is 5.75 Å². The van der Waals surface area contributed by atoms with Crippen LogP contribution in [0.15, 0.2) is 33.7 Å². The number of nitrogens with one attached hydrogen (secondary N) is 1. The quantitative estimate of drug-likeness (QED) is 0.577. The van der Waals surface area contributed by atoms with Crippen LogP contribution in [0, 0.1) is 0 Å². The van der Waals surface area contributed by atoms with Gasteiger partial charge in [0, 0.05) is 6.54 Å². The Hall–Kier alpha value is -0.320. The van der Waals surface area contributed by atoms with E-state index in [1.54, 1.807) is 0 Å². The van der Waals surface area contributed by atoms with Crippen LogP contribution in [0.25, 0.3) is 0 Å². The molecular weight excluding hydrogens is 346 g/mol. The Labute approximate surface area is 120 Å². The fourth-order valence-corrected chi connectivity index (χ4v) is 2.88. The van der Waals surface area contributed by atoms with Crippen LogP contribution in [-0.4, -0.2) is 13.2 Å². The van der Waals surface area contributed by atoms with Gasteiger partial charge in [-0.3, -0.25) is 0 Å². The van der Waals surface area contributed by atoms with Gasteiger partial charge in [0.15, 0.2) is 0 Å². The summed E-state index contributed by atoms with van der Waals surface area (Å²) in [6.45, 7) is 8.24. The van der Waals surface area contributed by atoms with Crippen LogP contribution in [0.1, 0.15) is 18.9 Å². The molecule has 0 spiro atoms. The molecule has 0 bridgehead atoms. The lowest BCUT2D eigenvalue weighted by atomic mass is 10.2. The van der Waals surface area contributed by atoms with Crippen LogP contribution in [0.2, 0.25) is 0 Å². The van der Waals surface area contributed by atoms with Crippen molar-refractivity contribution >= 4 is 31.9 Å². The molecule has 1 aromatic rings. The van der Waals surface area contributed by atoms with Crippen molar-refractivity contribution in [2.45, 2.75) is 19.9 Å². The predicted octanol–water partition coefficient (Wildman–Crippen LogP) is 4.28. The Bertz CT molecular complexity index is 357. The second kappa shape index (κ2) is 7.90. The Balaban J connectivity index is 2.75. The lowest BCUT2D eigenvalue weighted by Crippen LogP contribution is -2.11. The van der Waals surface area contributed by atoms with E-state index in [1.165, 1.54) is 5.56 Å². The molecule has 0 saturated carbocycles. The van der Waals surface area contributed by atoms with E-state index < -0.39 is 0 Å². The zero-order chi connectivity index (χ0) is 12.7.